The summed E-state index contributed by atoms with van der Waals surface area (Å²) in [6.07, 6.45) is 0. The van der Waals surface area contributed by atoms with Gasteiger partial charge in [-0.3, -0.25) is 17.8 Å². The van der Waals surface area contributed by atoms with E-state index in [1.807, 2.05) is 0 Å². The van der Waals surface area contributed by atoms with Gasteiger partial charge in [0.05, 0.1) is 19.6 Å². The maximum Gasteiger partial charge on any atom is 0.762 e. The van der Waals surface area contributed by atoms with Crippen LogP contribution >= 0.6 is 0 Å². The molecule has 76 valence electrons. The predicted octanol–water partition coefficient (Wildman–Crippen LogP) is 0.897. The van der Waals surface area contributed by atoms with Gasteiger partial charge in [-0.25, -0.2) is 0 Å². The van der Waals surface area contributed by atoms with Crippen molar-refractivity contribution < 1.29 is 22.1 Å². The molecule has 0 saturated carbocycles. The molecule has 3 fully saturated rings. The SMILES string of the molecule is FB(F)F.F[N+]12CCN(CC1)CC2. The van der Waals surface area contributed by atoms with Gasteiger partial charge in [0.1, 0.15) is 19.6 Å². The molecule has 3 aliphatic rings. The lowest BCUT2D eigenvalue weighted by Gasteiger charge is -2.41. The minimum absolute atomic E-state index is 0.156. The first kappa shape index (κ1) is 10.8. The normalized spacial score (nSPS) is 36.5. The maximum absolute atomic E-state index is 13.3. The van der Waals surface area contributed by atoms with Crippen LogP contribution in [0.5, 0.6) is 0 Å². The van der Waals surface area contributed by atoms with Gasteiger partial charge < -0.3 is 0 Å². The van der Waals surface area contributed by atoms with Crippen LogP contribution in [-0.4, -0.2) is 56.4 Å². The molecule has 0 aromatic heterocycles. The third kappa shape index (κ3) is 3.52. The van der Waals surface area contributed by atoms with E-state index in [1.54, 1.807) is 0 Å². The van der Waals surface area contributed by atoms with Gasteiger partial charge in [-0.05, 0) is 4.48 Å². The Morgan fingerprint density at radius 2 is 1.23 bits per heavy atom. The summed E-state index contributed by atoms with van der Waals surface area (Å²) in [6, 6.07) is 0. The van der Waals surface area contributed by atoms with E-state index in [0.717, 1.165) is 39.3 Å². The summed E-state index contributed by atoms with van der Waals surface area (Å²) in [6.45, 7) is 5.07. The van der Waals surface area contributed by atoms with Crippen molar-refractivity contribution in [3.63, 3.8) is 0 Å². The quantitative estimate of drug-likeness (QED) is 0.318. The van der Waals surface area contributed by atoms with Crippen LogP contribution in [0.4, 0.5) is 17.4 Å². The summed E-state index contributed by atoms with van der Waals surface area (Å²) in [5, 5.41) is 0. The standard InChI is InChI=1S/C6H12FN2.BF3/c7-9-4-1-8(2-5-9)3-6-9;2-1(3)4/h1-6H2;/q+1;. The van der Waals surface area contributed by atoms with Crippen molar-refractivity contribution in [1.29, 1.82) is 0 Å². The highest BCUT2D eigenvalue weighted by Gasteiger charge is 2.39. The Labute approximate surface area is 74.9 Å². The highest BCUT2D eigenvalue weighted by Crippen LogP contribution is 2.19. The van der Waals surface area contributed by atoms with Crippen molar-refractivity contribution in [3.8, 4) is 0 Å². The van der Waals surface area contributed by atoms with Crippen molar-refractivity contribution in [2.45, 2.75) is 0 Å². The van der Waals surface area contributed by atoms with E-state index in [0.29, 0.717) is 0 Å². The molecule has 3 saturated heterocycles. The van der Waals surface area contributed by atoms with Gasteiger partial charge in [-0.2, -0.15) is 0 Å². The molecule has 13 heavy (non-hydrogen) atoms. The van der Waals surface area contributed by atoms with Gasteiger partial charge in [-0.15, -0.1) is 4.71 Å². The van der Waals surface area contributed by atoms with E-state index in [1.165, 1.54) is 0 Å². The molecule has 2 bridgehead atoms. The number of hydrogen-bond donors (Lipinski definition) is 0. The van der Waals surface area contributed by atoms with Crippen molar-refractivity contribution in [2.24, 2.45) is 0 Å². The van der Waals surface area contributed by atoms with Crippen LogP contribution in [-0.2, 0) is 0 Å². The van der Waals surface area contributed by atoms with Crippen LogP contribution in [0.25, 0.3) is 0 Å². The number of nitrogens with zero attached hydrogens (tertiary/aromatic N) is 2. The highest BCUT2D eigenvalue weighted by molar-refractivity contribution is 6.33. The van der Waals surface area contributed by atoms with Crippen LogP contribution in [0.3, 0.4) is 0 Å². The largest absolute Gasteiger partial charge is 0.762 e. The summed E-state index contributed by atoms with van der Waals surface area (Å²) < 4.78 is 42.1. The molecule has 7 heteroatoms. The minimum atomic E-state index is -3.67. The summed E-state index contributed by atoms with van der Waals surface area (Å²) in [4.78, 5) is 2.33. The Kier molecular flexibility index (Phi) is 3.55. The zero-order valence-electron chi connectivity index (χ0n) is 7.23. The van der Waals surface area contributed by atoms with E-state index in [2.05, 4.69) is 4.90 Å². The van der Waals surface area contributed by atoms with Gasteiger partial charge in [0.15, 0.2) is 0 Å². The van der Waals surface area contributed by atoms with E-state index in [9.17, 15) is 17.4 Å². The molecule has 0 spiro atoms. The van der Waals surface area contributed by atoms with E-state index in [4.69, 9.17) is 0 Å². The Morgan fingerprint density at radius 3 is 1.38 bits per heavy atom. The van der Waals surface area contributed by atoms with E-state index in [-0.39, 0.29) is 4.71 Å². The maximum atomic E-state index is 13.3. The third-order valence-corrected chi connectivity index (χ3v) is 2.45. The second kappa shape index (κ2) is 4.28. The number of halogens is 4. The molecule has 0 atom stereocenters. The average Bonchev–Trinajstić information content (AvgIpc) is 2.04. The first-order valence-corrected chi connectivity index (χ1v) is 4.22. The second-order valence-corrected chi connectivity index (χ2v) is 3.29. The molecule has 0 unspecified atom stereocenters. The Bertz CT molecular complexity index is 144. The molecule has 2 nitrogen and oxygen atoms in total. The fraction of sp³-hybridized carbons (Fsp3) is 1.00. The first-order chi connectivity index (χ1) is 6.02. The molecular weight excluding hydrogens is 187 g/mol. The lowest BCUT2D eigenvalue weighted by Crippen LogP contribution is -2.62. The molecule has 3 rings (SSSR count). The molecule has 0 aromatic carbocycles. The molecule has 0 aliphatic carbocycles. The van der Waals surface area contributed by atoms with Gasteiger partial charge in [-0.1, -0.05) is 0 Å². The van der Waals surface area contributed by atoms with Crippen LogP contribution in [0.2, 0.25) is 0 Å². The van der Waals surface area contributed by atoms with Crippen LogP contribution in [0, 0.1) is 0 Å². The van der Waals surface area contributed by atoms with Crippen molar-refractivity contribution in [3.05, 3.63) is 0 Å². The molecule has 0 aromatic rings. The number of rotatable bonds is 0. The number of quaternary nitrogens is 1. The summed E-state index contributed by atoms with van der Waals surface area (Å²) in [5.41, 5.74) is 0. The van der Waals surface area contributed by atoms with Crippen LogP contribution < -0.4 is 0 Å². The highest BCUT2D eigenvalue weighted by atomic mass is 19.4. The van der Waals surface area contributed by atoms with Crippen LogP contribution in [0.15, 0.2) is 0 Å². The smallest absolute Gasteiger partial charge is 0.286 e. The Balaban J connectivity index is 0.000000184. The molecular formula is C6H12BF4N2+. The van der Waals surface area contributed by atoms with E-state index >= 15 is 0 Å². The summed E-state index contributed by atoms with van der Waals surface area (Å²) in [7, 11) is -3.67. The van der Waals surface area contributed by atoms with Crippen LogP contribution in [0.1, 0.15) is 0 Å². The second-order valence-electron chi connectivity index (χ2n) is 3.29. The molecule has 0 radical (unpaired) electrons. The average molecular weight is 199 g/mol. The van der Waals surface area contributed by atoms with Crippen molar-refractivity contribution >= 4 is 7.54 Å². The third-order valence-electron chi connectivity index (χ3n) is 2.45. The fourth-order valence-electron chi connectivity index (χ4n) is 1.63. The molecule has 3 heterocycles. The number of hydrogen-bond acceptors (Lipinski definition) is 1. The summed E-state index contributed by atoms with van der Waals surface area (Å²) in [5.74, 6) is 0. The topological polar surface area (TPSA) is 3.24 Å². The lowest BCUT2D eigenvalue weighted by atomic mass is 10.2. The lowest BCUT2D eigenvalue weighted by molar-refractivity contribution is -1.07. The Morgan fingerprint density at radius 1 is 0.923 bits per heavy atom. The fourth-order valence-corrected chi connectivity index (χ4v) is 1.63. The van der Waals surface area contributed by atoms with Gasteiger partial charge in [0.25, 0.3) is 0 Å². The summed E-state index contributed by atoms with van der Waals surface area (Å²) >= 11 is 0. The van der Waals surface area contributed by atoms with Crippen molar-refractivity contribution in [1.82, 2.24) is 4.90 Å². The Hall–Kier alpha value is -0.295. The zero-order valence-corrected chi connectivity index (χ0v) is 7.23. The van der Waals surface area contributed by atoms with Gasteiger partial charge in [0.2, 0.25) is 0 Å². The first-order valence-electron chi connectivity index (χ1n) is 4.22. The van der Waals surface area contributed by atoms with Crippen molar-refractivity contribution in [2.75, 3.05) is 39.3 Å². The number of piperazine rings is 3. The van der Waals surface area contributed by atoms with Gasteiger partial charge >= 0.3 is 7.54 Å². The predicted molar refractivity (Wildman–Crippen MR) is 41.5 cm³/mol. The number of fused-ring (bicyclic) bond motifs is 3. The molecule has 0 N–H and O–H groups in total. The minimum Gasteiger partial charge on any atom is -0.286 e. The van der Waals surface area contributed by atoms with E-state index < -0.39 is 7.54 Å². The zero-order chi connectivity index (χ0) is 9.90. The molecule has 0 amide bonds. The molecule has 3 aliphatic heterocycles. The van der Waals surface area contributed by atoms with Gasteiger partial charge in [0, 0.05) is 0 Å². The monoisotopic (exact) mass is 199 g/mol.